The maximum Gasteiger partial charge on any atom is 0.201 e. The maximum absolute atomic E-state index is 12.1. The van der Waals surface area contributed by atoms with Crippen molar-refractivity contribution >= 4 is 5.78 Å². The molecule has 2 unspecified atom stereocenters. The number of methoxy groups -OCH3 is 2. The molecule has 0 fully saturated rings. The van der Waals surface area contributed by atoms with Crippen LogP contribution < -0.4 is 0 Å². The average Bonchev–Trinajstić information content (AvgIpc) is 2.43. The molecule has 0 spiro atoms. The molecule has 0 amide bonds. The lowest BCUT2D eigenvalue weighted by atomic mass is 9.78. The molecule has 0 saturated carbocycles. The van der Waals surface area contributed by atoms with Gasteiger partial charge in [0.25, 0.3) is 0 Å². The van der Waals surface area contributed by atoms with Crippen LogP contribution in [0.3, 0.4) is 0 Å². The summed E-state index contributed by atoms with van der Waals surface area (Å²) in [6.45, 7) is 2.10. The van der Waals surface area contributed by atoms with Crippen LogP contribution in [0.1, 0.15) is 18.9 Å². The van der Waals surface area contributed by atoms with Crippen LogP contribution >= 0.6 is 0 Å². The van der Waals surface area contributed by atoms with E-state index < -0.39 is 0 Å². The number of benzene rings is 1. The van der Waals surface area contributed by atoms with Crippen molar-refractivity contribution in [2.75, 3.05) is 14.2 Å². The second-order valence-electron chi connectivity index (χ2n) is 4.97. The van der Waals surface area contributed by atoms with E-state index in [1.165, 1.54) is 12.7 Å². The number of hydrogen-bond donors (Lipinski definition) is 0. The van der Waals surface area contributed by atoms with E-state index in [9.17, 15) is 4.79 Å². The molecule has 0 aromatic heterocycles. The second kappa shape index (κ2) is 5.91. The molecular formula is C16H20O3. The number of hydrogen-bond acceptors (Lipinski definition) is 3. The lowest BCUT2D eigenvalue weighted by Crippen LogP contribution is -2.29. The first-order chi connectivity index (χ1) is 9.17. The van der Waals surface area contributed by atoms with Gasteiger partial charge in [-0.1, -0.05) is 37.3 Å². The van der Waals surface area contributed by atoms with Crippen LogP contribution in [0.4, 0.5) is 0 Å². The standard InChI is InChI=1S/C16H20O3/c1-11-13(9-12-7-5-4-6-8-12)10-14(17)16(19-3)15(11)18-2/h4-8,11,13H,9-10H2,1-3H3. The highest BCUT2D eigenvalue weighted by molar-refractivity contribution is 5.95. The number of ether oxygens (including phenoxy) is 2. The summed E-state index contributed by atoms with van der Waals surface area (Å²) in [6, 6.07) is 10.2. The Morgan fingerprint density at radius 2 is 1.84 bits per heavy atom. The molecule has 102 valence electrons. The van der Waals surface area contributed by atoms with Gasteiger partial charge in [-0.3, -0.25) is 4.79 Å². The van der Waals surface area contributed by atoms with Gasteiger partial charge >= 0.3 is 0 Å². The Morgan fingerprint density at radius 1 is 1.16 bits per heavy atom. The number of Topliss-reactive ketones (excluding diaryl/α,β-unsaturated/α-hetero) is 1. The van der Waals surface area contributed by atoms with E-state index in [-0.39, 0.29) is 17.6 Å². The third kappa shape index (κ3) is 2.80. The van der Waals surface area contributed by atoms with E-state index in [4.69, 9.17) is 9.47 Å². The number of carbonyl (C=O) groups excluding carboxylic acids is 1. The topological polar surface area (TPSA) is 35.5 Å². The maximum atomic E-state index is 12.1. The van der Waals surface area contributed by atoms with Crippen LogP contribution in [0.25, 0.3) is 0 Å². The Labute approximate surface area is 114 Å². The summed E-state index contributed by atoms with van der Waals surface area (Å²) in [6.07, 6.45) is 1.41. The van der Waals surface area contributed by atoms with Crippen LogP contribution in [0.15, 0.2) is 41.9 Å². The van der Waals surface area contributed by atoms with Crippen molar-refractivity contribution in [1.82, 2.24) is 0 Å². The van der Waals surface area contributed by atoms with Gasteiger partial charge in [-0.2, -0.15) is 0 Å². The largest absolute Gasteiger partial charge is 0.497 e. The average molecular weight is 260 g/mol. The molecule has 1 aromatic carbocycles. The highest BCUT2D eigenvalue weighted by Crippen LogP contribution is 2.35. The quantitative estimate of drug-likeness (QED) is 0.835. The van der Waals surface area contributed by atoms with Gasteiger partial charge in [0.15, 0.2) is 5.76 Å². The van der Waals surface area contributed by atoms with Crippen molar-refractivity contribution < 1.29 is 14.3 Å². The molecule has 0 N–H and O–H groups in total. The van der Waals surface area contributed by atoms with E-state index in [1.54, 1.807) is 7.11 Å². The van der Waals surface area contributed by atoms with Crippen LogP contribution in [-0.4, -0.2) is 20.0 Å². The fourth-order valence-corrected chi connectivity index (χ4v) is 2.72. The molecule has 0 heterocycles. The van der Waals surface area contributed by atoms with Crippen molar-refractivity contribution in [1.29, 1.82) is 0 Å². The molecule has 0 saturated heterocycles. The van der Waals surface area contributed by atoms with Gasteiger partial charge in [-0.05, 0) is 17.9 Å². The Balaban J connectivity index is 2.21. The number of allylic oxidation sites excluding steroid dienone is 2. The smallest absolute Gasteiger partial charge is 0.201 e. The molecule has 3 heteroatoms. The molecule has 2 rings (SSSR count). The van der Waals surface area contributed by atoms with Gasteiger partial charge in [0, 0.05) is 12.3 Å². The van der Waals surface area contributed by atoms with E-state index in [2.05, 4.69) is 19.1 Å². The van der Waals surface area contributed by atoms with Crippen molar-refractivity contribution in [2.24, 2.45) is 11.8 Å². The highest BCUT2D eigenvalue weighted by atomic mass is 16.5. The van der Waals surface area contributed by atoms with Gasteiger partial charge in [0.05, 0.1) is 14.2 Å². The Hall–Kier alpha value is -1.77. The minimum absolute atomic E-state index is 0.0402. The summed E-state index contributed by atoms with van der Waals surface area (Å²) in [4.78, 5) is 12.1. The summed E-state index contributed by atoms with van der Waals surface area (Å²) in [5.41, 5.74) is 1.25. The predicted octanol–water partition coefficient (Wildman–Crippen LogP) is 2.96. The summed E-state index contributed by atoms with van der Waals surface area (Å²) in [5.74, 6) is 1.57. The first kappa shape index (κ1) is 13.7. The molecular weight excluding hydrogens is 240 g/mol. The van der Waals surface area contributed by atoms with Crippen molar-refractivity contribution in [2.45, 2.75) is 19.8 Å². The number of ketones is 1. The van der Waals surface area contributed by atoms with Gasteiger partial charge in [-0.15, -0.1) is 0 Å². The first-order valence-corrected chi connectivity index (χ1v) is 6.56. The zero-order valence-corrected chi connectivity index (χ0v) is 11.7. The zero-order valence-electron chi connectivity index (χ0n) is 11.7. The molecule has 3 nitrogen and oxygen atoms in total. The highest BCUT2D eigenvalue weighted by Gasteiger charge is 2.35. The Morgan fingerprint density at radius 3 is 2.42 bits per heavy atom. The SMILES string of the molecule is COC1=C(OC)C(C)C(Cc2ccccc2)CC1=O. The lowest BCUT2D eigenvalue weighted by molar-refractivity contribution is -0.121. The molecule has 0 radical (unpaired) electrons. The van der Waals surface area contributed by atoms with E-state index in [0.29, 0.717) is 17.9 Å². The third-order valence-corrected chi connectivity index (χ3v) is 3.81. The number of rotatable bonds is 4. The molecule has 1 aliphatic rings. The van der Waals surface area contributed by atoms with E-state index >= 15 is 0 Å². The van der Waals surface area contributed by atoms with Crippen molar-refractivity contribution in [3.63, 3.8) is 0 Å². The van der Waals surface area contributed by atoms with Crippen molar-refractivity contribution in [3.05, 3.63) is 47.4 Å². The zero-order chi connectivity index (χ0) is 13.8. The fourth-order valence-electron chi connectivity index (χ4n) is 2.72. The van der Waals surface area contributed by atoms with Gasteiger partial charge in [0.2, 0.25) is 5.78 Å². The summed E-state index contributed by atoms with van der Waals surface area (Å²) in [7, 11) is 3.12. The first-order valence-electron chi connectivity index (χ1n) is 6.56. The van der Waals surface area contributed by atoms with E-state index in [1.807, 2.05) is 18.2 Å². The third-order valence-electron chi connectivity index (χ3n) is 3.81. The van der Waals surface area contributed by atoms with Crippen LogP contribution in [-0.2, 0) is 20.7 Å². The number of carbonyl (C=O) groups is 1. The Kier molecular flexibility index (Phi) is 4.25. The fraction of sp³-hybridized carbons (Fsp3) is 0.438. The summed E-state index contributed by atoms with van der Waals surface area (Å²) >= 11 is 0. The summed E-state index contributed by atoms with van der Waals surface area (Å²) < 4.78 is 10.6. The summed E-state index contributed by atoms with van der Waals surface area (Å²) in [5, 5.41) is 0. The molecule has 0 aliphatic heterocycles. The van der Waals surface area contributed by atoms with Crippen LogP contribution in [0.5, 0.6) is 0 Å². The van der Waals surface area contributed by atoms with Gasteiger partial charge < -0.3 is 9.47 Å². The molecule has 0 bridgehead atoms. The van der Waals surface area contributed by atoms with Crippen LogP contribution in [0.2, 0.25) is 0 Å². The molecule has 2 atom stereocenters. The van der Waals surface area contributed by atoms with Crippen molar-refractivity contribution in [3.8, 4) is 0 Å². The van der Waals surface area contributed by atoms with Gasteiger partial charge in [-0.25, -0.2) is 0 Å². The normalized spacial score (nSPS) is 23.4. The minimum Gasteiger partial charge on any atom is -0.497 e. The second-order valence-corrected chi connectivity index (χ2v) is 4.97. The lowest BCUT2D eigenvalue weighted by Gasteiger charge is -2.30. The Bertz CT molecular complexity index is 476. The molecule has 1 aromatic rings. The van der Waals surface area contributed by atoms with Gasteiger partial charge in [0.1, 0.15) is 5.76 Å². The van der Waals surface area contributed by atoms with E-state index in [0.717, 1.165) is 6.42 Å². The minimum atomic E-state index is 0.0402. The molecule has 1 aliphatic carbocycles. The monoisotopic (exact) mass is 260 g/mol. The predicted molar refractivity (Wildman–Crippen MR) is 73.5 cm³/mol. The van der Waals surface area contributed by atoms with Crippen LogP contribution in [0, 0.1) is 11.8 Å². The molecule has 19 heavy (non-hydrogen) atoms.